The molecule has 1 aliphatic rings. The molecule has 0 saturated carbocycles. The third-order valence-corrected chi connectivity index (χ3v) is 7.97. The zero-order chi connectivity index (χ0) is 28.6. The molecule has 3 heterocycles. The van der Waals surface area contributed by atoms with Crippen molar-refractivity contribution in [1.29, 1.82) is 0 Å². The van der Waals surface area contributed by atoms with Crippen LogP contribution in [0.25, 0.3) is 0 Å². The summed E-state index contributed by atoms with van der Waals surface area (Å²) in [5.41, 5.74) is 6.78. The molecule has 2 aromatic carbocycles. The molecule has 1 amide bonds. The molecule has 41 heavy (non-hydrogen) atoms. The number of rotatable bonds is 10. The summed E-state index contributed by atoms with van der Waals surface area (Å²) in [5, 5.41) is 13.8. The van der Waals surface area contributed by atoms with Crippen molar-refractivity contribution in [3.63, 3.8) is 0 Å². The Morgan fingerprint density at radius 2 is 1.88 bits per heavy atom. The molecular weight excluding hydrogens is 555 g/mol. The van der Waals surface area contributed by atoms with E-state index in [1.165, 1.54) is 6.92 Å². The predicted octanol–water partition coefficient (Wildman–Crippen LogP) is 6.49. The van der Waals surface area contributed by atoms with Gasteiger partial charge in [-0.05, 0) is 65.1 Å². The first-order valence-electron chi connectivity index (χ1n) is 13.1. The number of ether oxygens (including phenoxy) is 2. The van der Waals surface area contributed by atoms with Gasteiger partial charge in [0, 0.05) is 36.1 Å². The number of amides is 1. The normalized spacial score (nSPS) is 12.7. The number of thioether (sulfide) groups is 1. The molecule has 210 valence electrons. The number of pyridine rings is 1. The smallest absolute Gasteiger partial charge is 0.221 e. The molecule has 10 heteroatoms. The van der Waals surface area contributed by atoms with Crippen LogP contribution in [0.15, 0.2) is 88.5 Å². The number of aliphatic imine (C=N–C) groups is 1. The summed E-state index contributed by atoms with van der Waals surface area (Å²) < 4.78 is 11.3. The van der Waals surface area contributed by atoms with Crippen LogP contribution < -0.4 is 10.1 Å². The van der Waals surface area contributed by atoms with Crippen LogP contribution in [0.4, 0.5) is 10.7 Å². The highest BCUT2D eigenvalue weighted by molar-refractivity contribution is 8.13. The molecule has 1 N–H and O–H groups in total. The van der Waals surface area contributed by atoms with E-state index in [9.17, 15) is 4.79 Å². The Hall–Kier alpha value is -3.99. The van der Waals surface area contributed by atoms with Crippen LogP contribution in [0.5, 0.6) is 5.75 Å². The number of aromatic nitrogens is 1. The number of carbonyl (C=O) groups is 1. The van der Waals surface area contributed by atoms with Crippen LogP contribution in [0.2, 0.25) is 0 Å². The second-order valence-corrected chi connectivity index (χ2v) is 10.9. The number of amidine groups is 1. The minimum absolute atomic E-state index is 0.109. The van der Waals surface area contributed by atoms with E-state index < -0.39 is 0 Å². The quantitative estimate of drug-likeness (QED) is 0.214. The number of anilines is 1. The molecule has 0 unspecified atom stereocenters. The van der Waals surface area contributed by atoms with Crippen LogP contribution in [0.1, 0.15) is 34.7 Å². The number of nitrogens with zero attached hydrogens (tertiary/aromatic N) is 4. The zero-order valence-electron chi connectivity index (χ0n) is 23.2. The van der Waals surface area contributed by atoms with Crippen LogP contribution >= 0.6 is 23.1 Å². The van der Waals surface area contributed by atoms with E-state index in [1.807, 2.05) is 78.1 Å². The van der Waals surface area contributed by atoms with E-state index in [0.29, 0.717) is 19.8 Å². The van der Waals surface area contributed by atoms with Crippen molar-refractivity contribution in [3.05, 3.63) is 106 Å². The summed E-state index contributed by atoms with van der Waals surface area (Å²) in [4.78, 5) is 20.9. The van der Waals surface area contributed by atoms with Gasteiger partial charge in [-0.15, -0.1) is 11.3 Å². The SMILES string of the molecule is COc1ccc(COCCc2csc3c2C(c2ccc(NC(C)=O)cc2)=NN(Cc2cccnc2)C(SC)=N3)cc1. The maximum atomic E-state index is 11.6. The fourth-order valence-electron chi connectivity index (χ4n) is 4.39. The third-order valence-electron chi connectivity index (χ3n) is 6.38. The number of hydrazone groups is 1. The Bertz CT molecular complexity index is 1530. The Morgan fingerprint density at radius 3 is 2.56 bits per heavy atom. The number of hydrogen-bond acceptors (Lipinski definition) is 9. The number of carbonyl (C=O) groups excluding carboxylic acids is 1. The van der Waals surface area contributed by atoms with Gasteiger partial charge in [-0.2, -0.15) is 5.10 Å². The van der Waals surface area contributed by atoms with Gasteiger partial charge in [0.25, 0.3) is 0 Å². The molecule has 0 bridgehead atoms. The summed E-state index contributed by atoms with van der Waals surface area (Å²) in [7, 11) is 1.66. The fraction of sp³-hybridized carbons (Fsp3) is 0.226. The van der Waals surface area contributed by atoms with Crippen molar-refractivity contribution in [2.24, 2.45) is 10.1 Å². The molecule has 0 saturated heterocycles. The number of nitrogens with one attached hydrogen (secondary N) is 1. The van der Waals surface area contributed by atoms with Gasteiger partial charge >= 0.3 is 0 Å². The third kappa shape index (κ3) is 7.21. The van der Waals surface area contributed by atoms with Crippen molar-refractivity contribution in [3.8, 4) is 5.75 Å². The Balaban J connectivity index is 1.44. The first kappa shape index (κ1) is 28.5. The molecule has 8 nitrogen and oxygen atoms in total. The maximum absolute atomic E-state index is 11.6. The number of hydrogen-bond donors (Lipinski definition) is 1. The standard InChI is InChI=1S/C31H31N5O3S2/c1-21(37)33-26-10-8-24(9-11-26)29-28-25(14-16-39-19-22-6-12-27(38-2)13-7-22)20-41-30(28)34-31(40-3)36(35-29)18-23-5-4-15-32-17-23/h4-13,15,17,20H,14,16,18-19H2,1-3H3,(H,33,37). The monoisotopic (exact) mass is 585 g/mol. The average Bonchev–Trinajstić information content (AvgIpc) is 3.31. The predicted molar refractivity (Wildman–Crippen MR) is 167 cm³/mol. The highest BCUT2D eigenvalue weighted by atomic mass is 32.2. The van der Waals surface area contributed by atoms with E-state index in [-0.39, 0.29) is 5.91 Å². The second kappa shape index (κ2) is 13.6. The molecule has 4 aromatic rings. The summed E-state index contributed by atoms with van der Waals surface area (Å²) in [6, 6.07) is 19.6. The molecule has 1 aliphatic heterocycles. The van der Waals surface area contributed by atoms with Gasteiger partial charge in [0.2, 0.25) is 5.91 Å². The molecule has 2 aromatic heterocycles. The van der Waals surface area contributed by atoms with Gasteiger partial charge in [0.05, 0.1) is 26.9 Å². The number of methoxy groups -OCH3 is 1. The molecule has 0 fully saturated rings. The highest BCUT2D eigenvalue weighted by Gasteiger charge is 2.25. The Morgan fingerprint density at radius 1 is 1.07 bits per heavy atom. The van der Waals surface area contributed by atoms with E-state index in [1.54, 1.807) is 36.4 Å². The second-order valence-electron chi connectivity index (χ2n) is 9.32. The lowest BCUT2D eigenvalue weighted by molar-refractivity contribution is -0.114. The first-order chi connectivity index (χ1) is 20.0. The van der Waals surface area contributed by atoms with Crippen molar-refractivity contribution in [2.45, 2.75) is 26.5 Å². The first-order valence-corrected chi connectivity index (χ1v) is 15.2. The van der Waals surface area contributed by atoms with E-state index in [2.05, 4.69) is 15.7 Å². The number of benzene rings is 2. The van der Waals surface area contributed by atoms with Crippen LogP contribution in [-0.2, 0) is 29.1 Å². The largest absolute Gasteiger partial charge is 0.497 e. The van der Waals surface area contributed by atoms with Gasteiger partial charge in [0.1, 0.15) is 16.5 Å². The summed E-state index contributed by atoms with van der Waals surface area (Å²) in [6.07, 6.45) is 6.35. The van der Waals surface area contributed by atoms with E-state index >= 15 is 0 Å². The van der Waals surface area contributed by atoms with Crippen LogP contribution in [-0.4, -0.2) is 46.8 Å². The van der Waals surface area contributed by atoms with Gasteiger partial charge in [-0.3, -0.25) is 9.78 Å². The van der Waals surface area contributed by atoms with Crippen molar-refractivity contribution < 1.29 is 14.3 Å². The van der Waals surface area contributed by atoms with E-state index in [4.69, 9.17) is 19.6 Å². The topological polar surface area (TPSA) is 88.4 Å². The molecular formula is C31H31N5O3S2. The van der Waals surface area contributed by atoms with Gasteiger partial charge in [0.15, 0.2) is 5.17 Å². The van der Waals surface area contributed by atoms with Crippen LogP contribution in [0, 0.1) is 0 Å². The van der Waals surface area contributed by atoms with Gasteiger partial charge in [-0.25, -0.2) is 10.0 Å². The van der Waals surface area contributed by atoms with Crippen molar-refractivity contribution >= 4 is 50.6 Å². The van der Waals surface area contributed by atoms with E-state index in [0.717, 1.165) is 61.6 Å². The zero-order valence-corrected chi connectivity index (χ0v) is 24.8. The van der Waals surface area contributed by atoms with Crippen LogP contribution in [0.3, 0.4) is 0 Å². The Labute approximate surface area is 248 Å². The minimum Gasteiger partial charge on any atom is -0.497 e. The lowest BCUT2D eigenvalue weighted by Gasteiger charge is -2.20. The lowest BCUT2D eigenvalue weighted by atomic mass is 9.99. The molecule has 5 rings (SSSR count). The summed E-state index contributed by atoms with van der Waals surface area (Å²) >= 11 is 3.18. The molecule has 0 aliphatic carbocycles. The molecule has 0 atom stereocenters. The average molecular weight is 586 g/mol. The fourth-order valence-corrected chi connectivity index (χ4v) is 5.92. The van der Waals surface area contributed by atoms with Gasteiger partial charge in [-0.1, -0.05) is 42.1 Å². The lowest BCUT2D eigenvalue weighted by Crippen LogP contribution is -2.24. The summed E-state index contributed by atoms with van der Waals surface area (Å²) in [5.74, 6) is 0.719. The minimum atomic E-state index is -0.109. The van der Waals surface area contributed by atoms with Crippen molar-refractivity contribution in [2.75, 3.05) is 25.3 Å². The molecule has 0 radical (unpaired) electrons. The Kier molecular flexibility index (Phi) is 9.45. The maximum Gasteiger partial charge on any atom is 0.221 e. The molecule has 0 spiro atoms. The summed E-state index contributed by atoms with van der Waals surface area (Å²) in [6.45, 7) is 3.12. The highest BCUT2D eigenvalue weighted by Crippen LogP contribution is 2.37. The number of fused-ring (bicyclic) bond motifs is 1. The number of thiophene rings is 1. The van der Waals surface area contributed by atoms with Crippen molar-refractivity contribution in [1.82, 2.24) is 9.99 Å². The van der Waals surface area contributed by atoms with Gasteiger partial charge < -0.3 is 14.8 Å².